The maximum absolute atomic E-state index is 3.80. The average Bonchev–Trinajstić information content (AvgIpc) is 2.83. The molecule has 2 rings (SSSR count). The van der Waals surface area contributed by atoms with Gasteiger partial charge in [0.25, 0.3) is 0 Å². The fraction of sp³-hybridized carbons (Fsp3) is 1.00. The van der Waals surface area contributed by atoms with Gasteiger partial charge in [0.1, 0.15) is 0 Å². The molecule has 0 aromatic rings. The molecule has 0 bridgehead atoms. The van der Waals surface area contributed by atoms with Gasteiger partial charge in [-0.3, -0.25) is 4.90 Å². The van der Waals surface area contributed by atoms with Crippen molar-refractivity contribution >= 4 is 0 Å². The molecule has 0 aromatic heterocycles. The highest BCUT2D eigenvalue weighted by Gasteiger charge is 2.32. The lowest BCUT2D eigenvalue weighted by atomic mass is 9.92. The summed E-state index contributed by atoms with van der Waals surface area (Å²) in [7, 11) is 0. The Balaban J connectivity index is 1.93. The van der Waals surface area contributed by atoms with Crippen LogP contribution in [0.25, 0.3) is 0 Å². The molecule has 2 fully saturated rings. The number of hydrogen-bond acceptors (Lipinski definition) is 2. The van der Waals surface area contributed by atoms with Crippen LogP contribution in [0.1, 0.15) is 59.8 Å². The van der Waals surface area contributed by atoms with Gasteiger partial charge in [-0.1, -0.05) is 47.0 Å². The SMILES string of the molecule is CCC(C)C1CN(CC2CCCC2C)C(CC)CN1. The standard InChI is InChI=1S/C17H34N2/c1-5-13(3)17-12-19(16(6-2)10-18-17)11-15-9-7-8-14(15)4/h13-18H,5-12H2,1-4H3. The van der Waals surface area contributed by atoms with Gasteiger partial charge in [-0.2, -0.15) is 0 Å². The van der Waals surface area contributed by atoms with Crippen molar-refractivity contribution in [2.24, 2.45) is 17.8 Å². The van der Waals surface area contributed by atoms with Crippen LogP contribution in [-0.2, 0) is 0 Å². The summed E-state index contributed by atoms with van der Waals surface area (Å²) in [4.78, 5) is 2.82. The molecular formula is C17H34N2. The fourth-order valence-electron chi connectivity index (χ4n) is 3.97. The van der Waals surface area contributed by atoms with E-state index in [0.29, 0.717) is 6.04 Å². The van der Waals surface area contributed by atoms with E-state index >= 15 is 0 Å². The van der Waals surface area contributed by atoms with E-state index in [1.165, 1.54) is 51.7 Å². The molecule has 1 heterocycles. The molecule has 2 heteroatoms. The molecule has 0 radical (unpaired) electrons. The number of hydrogen-bond donors (Lipinski definition) is 1. The van der Waals surface area contributed by atoms with Gasteiger partial charge in [-0.15, -0.1) is 0 Å². The van der Waals surface area contributed by atoms with Gasteiger partial charge < -0.3 is 5.32 Å². The molecule has 0 aromatic carbocycles. The third-order valence-electron chi connectivity index (χ3n) is 5.87. The molecule has 1 N–H and O–H groups in total. The van der Waals surface area contributed by atoms with Gasteiger partial charge in [0.05, 0.1) is 0 Å². The second kappa shape index (κ2) is 7.08. The first-order valence-corrected chi connectivity index (χ1v) is 8.63. The summed E-state index contributed by atoms with van der Waals surface area (Å²) < 4.78 is 0. The second-order valence-electron chi connectivity index (χ2n) is 7.08. The zero-order valence-electron chi connectivity index (χ0n) is 13.5. The average molecular weight is 266 g/mol. The van der Waals surface area contributed by atoms with Crippen molar-refractivity contribution in [2.75, 3.05) is 19.6 Å². The molecule has 0 amide bonds. The largest absolute Gasteiger partial charge is 0.311 e. The van der Waals surface area contributed by atoms with Crippen molar-refractivity contribution < 1.29 is 0 Å². The van der Waals surface area contributed by atoms with Crippen molar-refractivity contribution in [3.8, 4) is 0 Å². The number of nitrogens with one attached hydrogen (secondary N) is 1. The normalized spacial score (nSPS) is 38.5. The van der Waals surface area contributed by atoms with Gasteiger partial charge in [0.2, 0.25) is 0 Å². The van der Waals surface area contributed by atoms with E-state index in [4.69, 9.17) is 0 Å². The topological polar surface area (TPSA) is 15.3 Å². The minimum atomic E-state index is 0.713. The van der Waals surface area contributed by atoms with Crippen LogP contribution in [0, 0.1) is 17.8 Å². The highest BCUT2D eigenvalue weighted by atomic mass is 15.2. The van der Waals surface area contributed by atoms with Crippen LogP contribution in [0.4, 0.5) is 0 Å². The zero-order valence-corrected chi connectivity index (χ0v) is 13.5. The molecule has 5 unspecified atom stereocenters. The smallest absolute Gasteiger partial charge is 0.0221 e. The minimum absolute atomic E-state index is 0.713. The molecule has 112 valence electrons. The molecule has 19 heavy (non-hydrogen) atoms. The summed E-state index contributed by atoms with van der Waals surface area (Å²) in [6, 6.07) is 1.48. The van der Waals surface area contributed by atoms with Crippen LogP contribution in [0.5, 0.6) is 0 Å². The minimum Gasteiger partial charge on any atom is -0.311 e. The molecular weight excluding hydrogens is 232 g/mol. The molecule has 1 aliphatic heterocycles. The second-order valence-corrected chi connectivity index (χ2v) is 7.08. The van der Waals surface area contributed by atoms with Crippen molar-refractivity contribution in [3.63, 3.8) is 0 Å². The predicted octanol–water partition coefficient (Wildman–Crippen LogP) is 3.52. The van der Waals surface area contributed by atoms with E-state index < -0.39 is 0 Å². The van der Waals surface area contributed by atoms with Crippen LogP contribution in [0.15, 0.2) is 0 Å². The Kier molecular flexibility index (Phi) is 5.70. The summed E-state index contributed by atoms with van der Waals surface area (Å²) in [5.41, 5.74) is 0. The van der Waals surface area contributed by atoms with E-state index in [1.807, 2.05) is 0 Å². The Hall–Kier alpha value is -0.0800. The Morgan fingerprint density at radius 3 is 2.63 bits per heavy atom. The lowest BCUT2D eigenvalue weighted by Crippen LogP contribution is -2.59. The third-order valence-corrected chi connectivity index (χ3v) is 5.87. The van der Waals surface area contributed by atoms with Gasteiger partial charge in [-0.25, -0.2) is 0 Å². The molecule has 1 aliphatic carbocycles. The first kappa shape index (κ1) is 15.3. The van der Waals surface area contributed by atoms with E-state index in [9.17, 15) is 0 Å². The summed E-state index contributed by atoms with van der Waals surface area (Å²) in [5, 5.41) is 3.80. The molecule has 1 saturated heterocycles. The van der Waals surface area contributed by atoms with Crippen molar-refractivity contribution in [1.29, 1.82) is 0 Å². The van der Waals surface area contributed by atoms with E-state index in [-0.39, 0.29) is 0 Å². The van der Waals surface area contributed by atoms with Crippen LogP contribution in [-0.4, -0.2) is 36.6 Å². The van der Waals surface area contributed by atoms with Crippen molar-refractivity contribution in [1.82, 2.24) is 10.2 Å². The highest BCUT2D eigenvalue weighted by molar-refractivity contribution is 4.90. The molecule has 5 atom stereocenters. The van der Waals surface area contributed by atoms with Crippen molar-refractivity contribution in [3.05, 3.63) is 0 Å². The van der Waals surface area contributed by atoms with Gasteiger partial charge >= 0.3 is 0 Å². The molecule has 0 spiro atoms. The van der Waals surface area contributed by atoms with Crippen LogP contribution in [0.3, 0.4) is 0 Å². The van der Waals surface area contributed by atoms with Crippen LogP contribution in [0.2, 0.25) is 0 Å². The van der Waals surface area contributed by atoms with E-state index in [2.05, 4.69) is 37.9 Å². The van der Waals surface area contributed by atoms with Crippen LogP contribution < -0.4 is 5.32 Å². The summed E-state index contributed by atoms with van der Waals surface area (Å²) in [5.74, 6) is 2.72. The molecule has 2 nitrogen and oxygen atoms in total. The first-order chi connectivity index (χ1) is 9.15. The fourth-order valence-corrected chi connectivity index (χ4v) is 3.97. The lowest BCUT2D eigenvalue weighted by Gasteiger charge is -2.43. The zero-order chi connectivity index (χ0) is 13.8. The van der Waals surface area contributed by atoms with Gasteiger partial charge in [0, 0.05) is 31.7 Å². The maximum atomic E-state index is 3.80. The molecule has 2 aliphatic rings. The number of rotatable bonds is 5. The summed E-state index contributed by atoms with van der Waals surface area (Å²) >= 11 is 0. The maximum Gasteiger partial charge on any atom is 0.0221 e. The molecule has 1 saturated carbocycles. The number of piperazine rings is 1. The predicted molar refractivity (Wildman–Crippen MR) is 83.4 cm³/mol. The summed E-state index contributed by atoms with van der Waals surface area (Å²) in [6.07, 6.45) is 6.98. The third kappa shape index (κ3) is 3.72. The first-order valence-electron chi connectivity index (χ1n) is 8.63. The van der Waals surface area contributed by atoms with E-state index in [0.717, 1.165) is 23.8 Å². The Bertz CT molecular complexity index is 266. The van der Waals surface area contributed by atoms with Gasteiger partial charge in [-0.05, 0) is 30.6 Å². The van der Waals surface area contributed by atoms with Crippen LogP contribution >= 0.6 is 0 Å². The Labute approximate surface area is 120 Å². The highest BCUT2D eigenvalue weighted by Crippen LogP contribution is 2.33. The van der Waals surface area contributed by atoms with Crippen molar-refractivity contribution in [2.45, 2.75) is 71.9 Å². The quantitative estimate of drug-likeness (QED) is 0.819. The van der Waals surface area contributed by atoms with Gasteiger partial charge in [0.15, 0.2) is 0 Å². The Morgan fingerprint density at radius 2 is 2.05 bits per heavy atom. The monoisotopic (exact) mass is 266 g/mol. The summed E-state index contributed by atoms with van der Waals surface area (Å²) in [6.45, 7) is 13.4. The lowest BCUT2D eigenvalue weighted by molar-refractivity contribution is 0.0834. The number of nitrogens with zero attached hydrogens (tertiary/aromatic N) is 1. The Morgan fingerprint density at radius 1 is 1.26 bits per heavy atom. The van der Waals surface area contributed by atoms with E-state index in [1.54, 1.807) is 0 Å².